The zero-order chi connectivity index (χ0) is 29.8. The lowest BCUT2D eigenvalue weighted by molar-refractivity contribution is -0.140. The number of hydrogen-bond donors (Lipinski definition) is 2. The lowest BCUT2D eigenvalue weighted by Gasteiger charge is -2.33. The van der Waals surface area contributed by atoms with Crippen molar-refractivity contribution >= 4 is 32.1 Å². The van der Waals surface area contributed by atoms with Crippen LogP contribution in [0.2, 0.25) is 0 Å². The highest BCUT2D eigenvalue weighted by molar-refractivity contribution is 7.90. The van der Waals surface area contributed by atoms with Gasteiger partial charge in [-0.3, -0.25) is 0 Å². The molecule has 0 aliphatic heterocycles. The predicted octanol–water partition coefficient (Wildman–Crippen LogP) is 5.75. The molecule has 0 radical (unpaired) electrons. The van der Waals surface area contributed by atoms with E-state index < -0.39 is 22.6 Å². The molecular weight excluding hydrogens is 553 g/mol. The topological polar surface area (TPSA) is 75.6 Å². The van der Waals surface area contributed by atoms with Crippen LogP contribution < -0.4 is 15.4 Å². The lowest BCUT2D eigenvalue weighted by Crippen LogP contribution is -2.36. The summed E-state index contributed by atoms with van der Waals surface area (Å²) in [5.74, 6) is 6.19. The number of hydrogen-bond acceptors (Lipinski definition) is 6. The van der Waals surface area contributed by atoms with E-state index in [0.717, 1.165) is 37.6 Å². The number of ether oxygens (including phenoxy) is 1. The molecule has 0 amide bonds. The van der Waals surface area contributed by atoms with E-state index in [-0.39, 0.29) is 23.2 Å². The molecule has 11 heteroatoms. The van der Waals surface area contributed by atoms with Crippen LogP contribution in [0.1, 0.15) is 38.3 Å². The van der Waals surface area contributed by atoms with Crippen molar-refractivity contribution in [2.45, 2.75) is 62.3 Å². The van der Waals surface area contributed by atoms with Gasteiger partial charge in [0.2, 0.25) is 0 Å². The Kier molecular flexibility index (Phi) is 9.44. The molecule has 2 N–H and O–H groups in total. The molecule has 1 fully saturated rings. The quantitative estimate of drug-likeness (QED) is 0.309. The van der Waals surface area contributed by atoms with Crippen molar-refractivity contribution in [3.8, 4) is 17.6 Å². The molecule has 7 nitrogen and oxygen atoms in total. The van der Waals surface area contributed by atoms with E-state index in [1.165, 1.54) is 16.7 Å². The molecule has 0 spiro atoms. The van der Waals surface area contributed by atoms with Crippen molar-refractivity contribution in [1.29, 1.82) is 0 Å². The van der Waals surface area contributed by atoms with Crippen molar-refractivity contribution in [1.82, 2.24) is 9.47 Å². The molecule has 1 aromatic heterocycles. The predicted molar refractivity (Wildman–Crippen MR) is 157 cm³/mol. The van der Waals surface area contributed by atoms with Crippen LogP contribution in [0, 0.1) is 11.8 Å². The summed E-state index contributed by atoms with van der Waals surface area (Å²) in [6.07, 6.45) is 0.837. The Hall–Kier alpha value is -3.36. The van der Waals surface area contributed by atoms with Gasteiger partial charge in [-0.2, -0.15) is 13.2 Å². The van der Waals surface area contributed by atoms with Crippen molar-refractivity contribution in [2.75, 3.05) is 44.1 Å². The molecule has 1 heterocycles. The molecule has 222 valence electrons. The lowest BCUT2D eigenvalue weighted by atomic mass is 9.90. The average Bonchev–Trinajstić information content (AvgIpc) is 3.24. The molecule has 0 saturated heterocycles. The average molecular weight is 591 g/mol. The Balaban J connectivity index is 1.57. The molecule has 1 aliphatic carbocycles. The fraction of sp³-hybridized carbons (Fsp3) is 0.467. The SMILES string of the molecule is CCOc1cc(S(C)(=O)=O)ccc1NCC#Cc1cc2c(NC3CCC(N(C)C)CC3)cccc2n1CC(F)(F)F. The Morgan fingerprint density at radius 1 is 1.07 bits per heavy atom. The normalized spacial score (nSPS) is 17.8. The number of aromatic nitrogens is 1. The molecule has 1 aliphatic rings. The number of anilines is 2. The fourth-order valence-electron chi connectivity index (χ4n) is 5.25. The van der Waals surface area contributed by atoms with Crippen LogP contribution in [-0.4, -0.2) is 69.6 Å². The smallest absolute Gasteiger partial charge is 0.406 e. The summed E-state index contributed by atoms with van der Waals surface area (Å²) in [6.45, 7) is 1.09. The van der Waals surface area contributed by atoms with Gasteiger partial charge in [-0.05, 0) is 83.0 Å². The summed E-state index contributed by atoms with van der Waals surface area (Å²) in [5, 5.41) is 7.37. The first-order valence-electron chi connectivity index (χ1n) is 13.7. The molecule has 41 heavy (non-hydrogen) atoms. The van der Waals surface area contributed by atoms with Crippen LogP contribution >= 0.6 is 0 Å². The van der Waals surface area contributed by atoms with Crippen molar-refractivity contribution in [3.63, 3.8) is 0 Å². The zero-order valence-corrected chi connectivity index (χ0v) is 24.6. The van der Waals surface area contributed by atoms with Gasteiger partial charge in [0.15, 0.2) is 9.84 Å². The van der Waals surface area contributed by atoms with Crippen molar-refractivity contribution in [3.05, 3.63) is 48.2 Å². The minimum atomic E-state index is -4.41. The van der Waals surface area contributed by atoms with Crippen LogP contribution in [-0.2, 0) is 16.4 Å². The van der Waals surface area contributed by atoms with Gasteiger partial charge in [0.25, 0.3) is 0 Å². The van der Waals surface area contributed by atoms with Crippen LogP contribution in [0.3, 0.4) is 0 Å². The van der Waals surface area contributed by atoms with Gasteiger partial charge < -0.3 is 24.8 Å². The van der Waals surface area contributed by atoms with Gasteiger partial charge in [-0.1, -0.05) is 12.0 Å². The number of benzene rings is 2. The Morgan fingerprint density at radius 2 is 1.80 bits per heavy atom. The highest BCUT2D eigenvalue weighted by atomic mass is 32.2. The van der Waals surface area contributed by atoms with E-state index in [1.54, 1.807) is 31.2 Å². The molecular formula is C30H37F3N4O3S. The number of sulfone groups is 1. The summed E-state index contributed by atoms with van der Waals surface area (Å²) in [6, 6.07) is 12.4. The monoisotopic (exact) mass is 590 g/mol. The largest absolute Gasteiger partial charge is 0.492 e. The number of nitrogens with zero attached hydrogens (tertiary/aromatic N) is 2. The van der Waals surface area contributed by atoms with E-state index in [1.807, 2.05) is 6.07 Å². The second kappa shape index (κ2) is 12.7. The van der Waals surface area contributed by atoms with E-state index in [0.29, 0.717) is 35.0 Å². The van der Waals surface area contributed by atoms with Gasteiger partial charge in [0, 0.05) is 35.5 Å². The summed E-state index contributed by atoms with van der Waals surface area (Å²) < 4.78 is 71.4. The highest BCUT2D eigenvalue weighted by Crippen LogP contribution is 2.33. The number of alkyl halides is 3. The summed E-state index contributed by atoms with van der Waals surface area (Å²) in [5.41, 5.74) is 2.09. The standard InChI is InChI=1S/C30H37F3N4O3S/c1-5-40-29-19-24(41(4,38)39)15-16-27(29)34-17-7-8-23-18-25-26(35-21-11-13-22(14-12-21)36(2)3)9-6-10-28(25)37(23)20-30(31,32)33/h6,9-10,15-16,18-19,21-22,34-35H,5,11-14,17,20H2,1-4H3. The van der Waals surface area contributed by atoms with Gasteiger partial charge in [0.1, 0.15) is 12.3 Å². The second-order valence-corrected chi connectivity index (χ2v) is 12.6. The molecule has 0 bridgehead atoms. The zero-order valence-electron chi connectivity index (χ0n) is 23.8. The van der Waals surface area contributed by atoms with Gasteiger partial charge >= 0.3 is 6.18 Å². The van der Waals surface area contributed by atoms with Crippen molar-refractivity contribution in [2.24, 2.45) is 0 Å². The number of nitrogens with one attached hydrogen (secondary N) is 2. The maximum atomic E-state index is 13.6. The maximum absolute atomic E-state index is 13.6. The molecule has 3 aromatic rings. The summed E-state index contributed by atoms with van der Waals surface area (Å²) in [4.78, 5) is 2.38. The van der Waals surface area contributed by atoms with E-state index in [9.17, 15) is 21.6 Å². The maximum Gasteiger partial charge on any atom is 0.406 e. The molecule has 1 saturated carbocycles. The molecule has 4 rings (SSSR count). The van der Waals surface area contributed by atoms with E-state index in [4.69, 9.17) is 4.74 Å². The first-order chi connectivity index (χ1) is 19.4. The summed E-state index contributed by atoms with van der Waals surface area (Å²) in [7, 11) is 0.770. The van der Waals surface area contributed by atoms with E-state index >= 15 is 0 Å². The molecule has 2 aromatic carbocycles. The number of rotatable bonds is 9. The minimum absolute atomic E-state index is 0.117. The highest BCUT2D eigenvalue weighted by Gasteiger charge is 2.30. The second-order valence-electron chi connectivity index (χ2n) is 10.6. The Labute approximate surface area is 240 Å². The third-order valence-corrected chi connectivity index (χ3v) is 8.44. The van der Waals surface area contributed by atoms with Crippen LogP contribution in [0.4, 0.5) is 24.5 Å². The fourth-order valence-corrected chi connectivity index (χ4v) is 5.88. The van der Waals surface area contributed by atoms with Crippen LogP contribution in [0.15, 0.2) is 47.4 Å². The van der Waals surface area contributed by atoms with Crippen LogP contribution in [0.25, 0.3) is 10.9 Å². The number of halogens is 3. The van der Waals surface area contributed by atoms with E-state index in [2.05, 4.69) is 41.5 Å². The third kappa shape index (κ3) is 7.89. The third-order valence-electron chi connectivity index (χ3n) is 7.33. The first kappa shape index (κ1) is 30.6. The van der Waals surface area contributed by atoms with Gasteiger partial charge in [-0.25, -0.2) is 8.42 Å². The molecule has 0 unspecified atom stereocenters. The van der Waals surface area contributed by atoms with Gasteiger partial charge in [0.05, 0.1) is 34.9 Å². The van der Waals surface area contributed by atoms with Crippen LogP contribution in [0.5, 0.6) is 5.75 Å². The first-order valence-corrected chi connectivity index (χ1v) is 15.6. The van der Waals surface area contributed by atoms with Gasteiger partial charge in [-0.15, -0.1) is 0 Å². The molecule has 0 atom stereocenters. The number of fused-ring (bicyclic) bond motifs is 1. The van der Waals surface area contributed by atoms with Crippen molar-refractivity contribution < 1.29 is 26.3 Å². The Bertz CT molecular complexity index is 1530. The minimum Gasteiger partial charge on any atom is -0.492 e. The summed E-state index contributed by atoms with van der Waals surface area (Å²) >= 11 is 0. The Morgan fingerprint density at radius 3 is 2.44 bits per heavy atom.